The van der Waals surface area contributed by atoms with Gasteiger partial charge in [-0.25, -0.2) is 0 Å². The third-order valence-corrected chi connectivity index (χ3v) is 5.09. The molecule has 5 heteroatoms. The highest BCUT2D eigenvalue weighted by molar-refractivity contribution is 6.06. The van der Waals surface area contributed by atoms with E-state index in [9.17, 15) is 9.59 Å². The van der Waals surface area contributed by atoms with Crippen molar-refractivity contribution in [2.24, 2.45) is 0 Å². The summed E-state index contributed by atoms with van der Waals surface area (Å²) in [7, 11) is 0. The van der Waals surface area contributed by atoms with Crippen LogP contribution < -0.4 is 10.6 Å². The van der Waals surface area contributed by atoms with E-state index in [1.165, 1.54) is 6.20 Å². The Hall–Kier alpha value is -3.47. The Morgan fingerprint density at radius 2 is 1.10 bits per heavy atom. The molecule has 0 aliphatic rings. The van der Waals surface area contributed by atoms with Crippen LogP contribution in [0.1, 0.15) is 54.2 Å². The van der Waals surface area contributed by atoms with Gasteiger partial charge in [-0.05, 0) is 75.9 Å². The van der Waals surface area contributed by atoms with Crippen molar-refractivity contribution < 1.29 is 9.59 Å². The predicted octanol–water partition coefficient (Wildman–Crippen LogP) is 5.44. The third-order valence-electron chi connectivity index (χ3n) is 5.09. The monoisotopic (exact) mass is 401 g/mol. The van der Waals surface area contributed by atoms with E-state index < -0.39 is 0 Å². The molecular formula is C25H27N3O2. The van der Waals surface area contributed by atoms with Crippen molar-refractivity contribution in [3.05, 3.63) is 87.2 Å². The number of hydrogen-bond acceptors (Lipinski definition) is 3. The van der Waals surface area contributed by atoms with Crippen molar-refractivity contribution in [1.82, 2.24) is 4.98 Å². The second kappa shape index (κ2) is 8.49. The Morgan fingerprint density at radius 1 is 0.667 bits per heavy atom. The molecular weight excluding hydrogens is 374 g/mol. The topological polar surface area (TPSA) is 71.1 Å². The summed E-state index contributed by atoms with van der Waals surface area (Å²) in [6.07, 6.45) is 1.43. The van der Waals surface area contributed by atoms with E-state index in [2.05, 4.69) is 15.6 Å². The summed E-state index contributed by atoms with van der Waals surface area (Å²) in [5.74, 6) is -0.558. The zero-order valence-corrected chi connectivity index (χ0v) is 18.3. The summed E-state index contributed by atoms with van der Waals surface area (Å²) in [4.78, 5) is 29.5. The van der Waals surface area contributed by atoms with Crippen molar-refractivity contribution in [3.63, 3.8) is 0 Å². The lowest BCUT2D eigenvalue weighted by Gasteiger charge is -2.14. The Labute approximate surface area is 177 Å². The van der Waals surface area contributed by atoms with E-state index in [0.29, 0.717) is 5.56 Å². The number of anilines is 2. The minimum atomic E-state index is -0.303. The first-order valence-corrected chi connectivity index (χ1v) is 9.90. The highest BCUT2D eigenvalue weighted by Gasteiger charge is 2.14. The molecule has 0 bridgehead atoms. The summed E-state index contributed by atoms with van der Waals surface area (Å²) in [5.41, 5.74) is 8.57. The van der Waals surface area contributed by atoms with Gasteiger partial charge in [-0.2, -0.15) is 0 Å². The Bertz CT molecular complexity index is 995. The minimum Gasteiger partial charge on any atom is -0.321 e. The Kier molecular flexibility index (Phi) is 6.01. The predicted molar refractivity (Wildman–Crippen MR) is 121 cm³/mol. The third kappa shape index (κ3) is 4.57. The normalized spacial score (nSPS) is 10.6. The molecule has 0 aliphatic carbocycles. The number of carbonyl (C=O) groups is 2. The maximum atomic E-state index is 12.6. The maximum Gasteiger partial charge on any atom is 0.274 e. The van der Waals surface area contributed by atoms with Crippen molar-refractivity contribution in [3.8, 4) is 0 Å². The van der Waals surface area contributed by atoms with Gasteiger partial charge in [0.05, 0.1) is 5.56 Å². The smallest absolute Gasteiger partial charge is 0.274 e. The van der Waals surface area contributed by atoms with Crippen LogP contribution >= 0.6 is 0 Å². The van der Waals surface area contributed by atoms with Gasteiger partial charge in [0.15, 0.2) is 0 Å². The van der Waals surface area contributed by atoms with Gasteiger partial charge in [-0.1, -0.05) is 35.4 Å². The number of benzene rings is 2. The van der Waals surface area contributed by atoms with Crippen LogP contribution in [0.3, 0.4) is 0 Å². The summed E-state index contributed by atoms with van der Waals surface area (Å²) in [6.45, 7) is 11.9. The largest absolute Gasteiger partial charge is 0.321 e. The van der Waals surface area contributed by atoms with Gasteiger partial charge < -0.3 is 10.6 Å². The standard InChI is InChI=1S/C25H27N3O2/c1-14-9-16(3)22(17(4)10-14)27-24(29)20-7-8-21(26-13-20)25(30)28-23-18(5)11-15(2)12-19(23)6/h7-13H,1-6H3,(H,27,29)(H,28,30). The molecule has 2 N–H and O–H groups in total. The second-order valence-corrected chi connectivity index (χ2v) is 7.89. The van der Waals surface area contributed by atoms with Crippen LogP contribution in [0.4, 0.5) is 11.4 Å². The molecule has 0 saturated carbocycles. The fraction of sp³-hybridized carbons (Fsp3) is 0.240. The Morgan fingerprint density at radius 3 is 1.50 bits per heavy atom. The van der Waals surface area contributed by atoms with Crippen LogP contribution in [0.25, 0.3) is 0 Å². The highest BCUT2D eigenvalue weighted by Crippen LogP contribution is 2.24. The first-order chi connectivity index (χ1) is 14.2. The van der Waals surface area contributed by atoms with E-state index in [1.807, 2.05) is 65.8 Å². The van der Waals surface area contributed by atoms with Crippen LogP contribution in [0.15, 0.2) is 42.6 Å². The summed E-state index contributed by atoms with van der Waals surface area (Å²) in [5, 5.41) is 5.88. The lowest BCUT2D eigenvalue weighted by atomic mass is 10.0. The number of amides is 2. The molecule has 0 spiro atoms. The molecule has 0 fully saturated rings. The van der Waals surface area contributed by atoms with E-state index >= 15 is 0 Å². The summed E-state index contributed by atoms with van der Waals surface area (Å²) in [6, 6.07) is 11.3. The van der Waals surface area contributed by atoms with Gasteiger partial charge in [0.2, 0.25) is 0 Å². The number of rotatable bonds is 4. The van der Waals surface area contributed by atoms with E-state index in [4.69, 9.17) is 0 Å². The Balaban J connectivity index is 1.75. The van der Waals surface area contributed by atoms with Gasteiger partial charge >= 0.3 is 0 Å². The van der Waals surface area contributed by atoms with Crippen LogP contribution in [0.5, 0.6) is 0 Å². The van der Waals surface area contributed by atoms with Crippen molar-refractivity contribution in [1.29, 1.82) is 0 Å². The number of nitrogens with one attached hydrogen (secondary N) is 2. The lowest BCUT2D eigenvalue weighted by molar-refractivity contribution is 0.101. The van der Waals surface area contributed by atoms with Gasteiger partial charge in [0.1, 0.15) is 5.69 Å². The van der Waals surface area contributed by atoms with Crippen LogP contribution in [-0.2, 0) is 0 Å². The average Bonchev–Trinajstić information content (AvgIpc) is 2.67. The molecule has 30 heavy (non-hydrogen) atoms. The molecule has 1 heterocycles. The van der Waals surface area contributed by atoms with E-state index in [-0.39, 0.29) is 17.5 Å². The quantitative estimate of drug-likeness (QED) is 0.612. The number of carbonyl (C=O) groups excluding carboxylic acids is 2. The summed E-state index contributed by atoms with van der Waals surface area (Å²) >= 11 is 0. The number of aryl methyl sites for hydroxylation is 6. The molecule has 2 amide bonds. The van der Waals surface area contributed by atoms with Crippen LogP contribution in [0.2, 0.25) is 0 Å². The van der Waals surface area contributed by atoms with Crippen LogP contribution in [0, 0.1) is 41.5 Å². The van der Waals surface area contributed by atoms with Crippen molar-refractivity contribution in [2.75, 3.05) is 10.6 Å². The molecule has 3 rings (SSSR count). The number of pyridine rings is 1. The number of nitrogens with zero attached hydrogens (tertiary/aromatic N) is 1. The van der Waals surface area contributed by atoms with Gasteiger partial charge in [0, 0.05) is 17.6 Å². The SMILES string of the molecule is Cc1cc(C)c(NC(=O)c2ccc(C(=O)Nc3c(C)cc(C)cc3C)nc2)c(C)c1. The number of hydrogen-bond donors (Lipinski definition) is 2. The van der Waals surface area contributed by atoms with Gasteiger partial charge in [-0.15, -0.1) is 0 Å². The lowest BCUT2D eigenvalue weighted by Crippen LogP contribution is -2.17. The van der Waals surface area contributed by atoms with Crippen molar-refractivity contribution in [2.45, 2.75) is 41.5 Å². The molecule has 0 aliphatic heterocycles. The maximum absolute atomic E-state index is 12.6. The molecule has 5 nitrogen and oxygen atoms in total. The molecule has 0 radical (unpaired) electrons. The summed E-state index contributed by atoms with van der Waals surface area (Å²) < 4.78 is 0. The molecule has 2 aromatic carbocycles. The zero-order chi connectivity index (χ0) is 22.0. The zero-order valence-electron chi connectivity index (χ0n) is 18.3. The molecule has 0 unspecified atom stereocenters. The fourth-order valence-corrected chi connectivity index (χ4v) is 3.78. The molecule has 0 atom stereocenters. The van der Waals surface area contributed by atoms with E-state index in [0.717, 1.165) is 44.8 Å². The molecule has 3 aromatic rings. The minimum absolute atomic E-state index is 0.255. The van der Waals surface area contributed by atoms with Crippen LogP contribution in [-0.4, -0.2) is 16.8 Å². The van der Waals surface area contributed by atoms with Crippen molar-refractivity contribution >= 4 is 23.2 Å². The first-order valence-electron chi connectivity index (χ1n) is 9.90. The molecule has 1 aromatic heterocycles. The average molecular weight is 402 g/mol. The fourth-order valence-electron chi connectivity index (χ4n) is 3.78. The van der Waals surface area contributed by atoms with Gasteiger partial charge in [0.25, 0.3) is 11.8 Å². The highest BCUT2D eigenvalue weighted by atomic mass is 16.2. The molecule has 0 saturated heterocycles. The molecule has 154 valence electrons. The van der Waals surface area contributed by atoms with Gasteiger partial charge in [-0.3, -0.25) is 14.6 Å². The first kappa shape index (κ1) is 21.2. The number of aromatic nitrogens is 1. The van der Waals surface area contributed by atoms with E-state index in [1.54, 1.807) is 12.1 Å². The second-order valence-electron chi connectivity index (χ2n) is 7.89.